The Bertz CT molecular complexity index is 383. The van der Waals surface area contributed by atoms with Crippen LogP contribution in [-0.2, 0) is 6.54 Å². The average Bonchev–Trinajstić information content (AvgIpc) is 2.71. The van der Waals surface area contributed by atoms with E-state index in [1.54, 1.807) is 0 Å². The second kappa shape index (κ2) is 7.22. The van der Waals surface area contributed by atoms with E-state index >= 15 is 0 Å². The lowest BCUT2D eigenvalue weighted by atomic mass is 9.96. The number of imidazole rings is 1. The molecule has 0 spiro atoms. The lowest BCUT2D eigenvalue weighted by Crippen LogP contribution is -2.25. The number of thioether (sulfide) groups is 1. The molecule has 1 atom stereocenters. The number of anilines is 1. The SMILES string of the molecule is CSCC(C)Cn1cc(C)nc1NC1CCCCC1. The topological polar surface area (TPSA) is 29.9 Å². The summed E-state index contributed by atoms with van der Waals surface area (Å²) in [4.78, 5) is 4.66. The van der Waals surface area contributed by atoms with Crippen LogP contribution in [0.2, 0.25) is 0 Å². The second-order valence-corrected chi connectivity index (χ2v) is 6.81. The third-order valence-corrected chi connectivity index (χ3v) is 4.70. The predicted octanol–water partition coefficient (Wildman–Crippen LogP) is 3.94. The molecule has 0 amide bonds. The van der Waals surface area contributed by atoms with Crippen LogP contribution in [0.25, 0.3) is 0 Å². The van der Waals surface area contributed by atoms with Gasteiger partial charge in [-0.25, -0.2) is 4.98 Å². The molecular formula is C15H27N3S. The fraction of sp³-hybridized carbons (Fsp3) is 0.800. The van der Waals surface area contributed by atoms with Crippen LogP contribution in [0.3, 0.4) is 0 Å². The minimum atomic E-state index is 0.630. The van der Waals surface area contributed by atoms with E-state index < -0.39 is 0 Å². The minimum Gasteiger partial charge on any atom is -0.353 e. The Morgan fingerprint density at radius 3 is 2.84 bits per heavy atom. The molecule has 1 saturated carbocycles. The van der Waals surface area contributed by atoms with Gasteiger partial charge in [-0.15, -0.1) is 0 Å². The van der Waals surface area contributed by atoms with Crippen molar-refractivity contribution in [3.63, 3.8) is 0 Å². The van der Waals surface area contributed by atoms with E-state index in [1.165, 1.54) is 37.9 Å². The fourth-order valence-electron chi connectivity index (χ4n) is 2.90. The van der Waals surface area contributed by atoms with Gasteiger partial charge in [0.1, 0.15) is 0 Å². The molecule has 19 heavy (non-hydrogen) atoms. The van der Waals surface area contributed by atoms with Crippen molar-refractivity contribution < 1.29 is 0 Å². The smallest absolute Gasteiger partial charge is 0.203 e. The van der Waals surface area contributed by atoms with Crippen molar-refractivity contribution in [2.75, 3.05) is 17.3 Å². The van der Waals surface area contributed by atoms with Crippen molar-refractivity contribution in [2.24, 2.45) is 5.92 Å². The Labute approximate surface area is 121 Å². The first-order chi connectivity index (χ1) is 9.19. The van der Waals surface area contributed by atoms with E-state index in [1.807, 2.05) is 11.8 Å². The van der Waals surface area contributed by atoms with Crippen molar-refractivity contribution in [2.45, 2.75) is 58.5 Å². The summed E-state index contributed by atoms with van der Waals surface area (Å²) >= 11 is 1.92. The minimum absolute atomic E-state index is 0.630. The zero-order chi connectivity index (χ0) is 13.7. The molecule has 1 heterocycles. The average molecular weight is 281 g/mol. The number of hydrogen-bond acceptors (Lipinski definition) is 3. The van der Waals surface area contributed by atoms with Crippen molar-refractivity contribution in [3.8, 4) is 0 Å². The highest BCUT2D eigenvalue weighted by Gasteiger charge is 2.16. The first-order valence-corrected chi connectivity index (χ1v) is 8.87. The third-order valence-electron chi connectivity index (χ3n) is 3.79. The molecule has 3 nitrogen and oxygen atoms in total. The highest BCUT2D eigenvalue weighted by Crippen LogP contribution is 2.22. The summed E-state index contributed by atoms with van der Waals surface area (Å²) in [5, 5.41) is 3.66. The Morgan fingerprint density at radius 1 is 1.42 bits per heavy atom. The van der Waals surface area contributed by atoms with Gasteiger partial charge in [0.25, 0.3) is 0 Å². The first-order valence-electron chi connectivity index (χ1n) is 7.48. The van der Waals surface area contributed by atoms with Gasteiger partial charge in [0.15, 0.2) is 0 Å². The molecular weight excluding hydrogens is 254 g/mol. The second-order valence-electron chi connectivity index (χ2n) is 5.90. The molecule has 0 bridgehead atoms. The molecule has 0 aromatic carbocycles. The van der Waals surface area contributed by atoms with Crippen molar-refractivity contribution in [1.82, 2.24) is 9.55 Å². The van der Waals surface area contributed by atoms with Crippen molar-refractivity contribution in [3.05, 3.63) is 11.9 Å². The molecule has 1 aliphatic carbocycles. The van der Waals surface area contributed by atoms with Crippen LogP contribution < -0.4 is 5.32 Å². The quantitative estimate of drug-likeness (QED) is 0.856. The van der Waals surface area contributed by atoms with E-state index in [0.717, 1.165) is 18.2 Å². The normalized spacial score (nSPS) is 18.5. The summed E-state index contributed by atoms with van der Waals surface area (Å²) in [7, 11) is 0. The fourth-order valence-corrected chi connectivity index (χ4v) is 3.58. The van der Waals surface area contributed by atoms with Gasteiger partial charge < -0.3 is 9.88 Å². The van der Waals surface area contributed by atoms with Gasteiger partial charge >= 0.3 is 0 Å². The van der Waals surface area contributed by atoms with Crippen LogP contribution in [-0.4, -0.2) is 27.6 Å². The zero-order valence-electron chi connectivity index (χ0n) is 12.5. The summed E-state index contributed by atoms with van der Waals surface area (Å²) in [6, 6.07) is 0.630. The summed E-state index contributed by atoms with van der Waals surface area (Å²) in [6.45, 7) is 5.47. The van der Waals surface area contributed by atoms with E-state index in [9.17, 15) is 0 Å². The predicted molar refractivity (Wildman–Crippen MR) is 85.0 cm³/mol. The van der Waals surface area contributed by atoms with Gasteiger partial charge in [-0.3, -0.25) is 0 Å². The number of hydrogen-bond donors (Lipinski definition) is 1. The maximum Gasteiger partial charge on any atom is 0.203 e. The van der Waals surface area contributed by atoms with Crippen LogP contribution in [0.15, 0.2) is 6.20 Å². The molecule has 2 rings (SSSR count). The highest BCUT2D eigenvalue weighted by atomic mass is 32.2. The summed E-state index contributed by atoms with van der Waals surface area (Å²) < 4.78 is 2.31. The van der Waals surface area contributed by atoms with Gasteiger partial charge in [-0.05, 0) is 37.7 Å². The third kappa shape index (κ3) is 4.44. The maximum atomic E-state index is 4.66. The van der Waals surface area contributed by atoms with Crippen LogP contribution >= 0.6 is 11.8 Å². The Balaban J connectivity index is 1.98. The molecule has 1 fully saturated rings. The van der Waals surface area contributed by atoms with Crippen LogP contribution in [0.4, 0.5) is 5.95 Å². The molecule has 0 aliphatic heterocycles. The molecule has 4 heteroatoms. The number of aromatic nitrogens is 2. The number of aryl methyl sites for hydroxylation is 1. The van der Waals surface area contributed by atoms with E-state index in [-0.39, 0.29) is 0 Å². The molecule has 1 aromatic rings. The lowest BCUT2D eigenvalue weighted by molar-refractivity contribution is 0.455. The lowest BCUT2D eigenvalue weighted by Gasteiger charge is -2.24. The summed E-state index contributed by atoms with van der Waals surface area (Å²) in [6.07, 6.45) is 11.1. The van der Waals surface area contributed by atoms with Crippen LogP contribution in [0.1, 0.15) is 44.7 Å². The molecule has 108 valence electrons. The van der Waals surface area contributed by atoms with Gasteiger partial charge in [0.2, 0.25) is 5.95 Å². The standard InChI is InChI=1S/C15H27N3S/c1-12(11-19-3)9-18-10-13(2)16-15(18)17-14-7-5-4-6-8-14/h10,12,14H,4-9,11H2,1-3H3,(H,16,17). The number of rotatable bonds is 6. The van der Waals surface area contributed by atoms with Crippen molar-refractivity contribution in [1.29, 1.82) is 0 Å². The number of nitrogens with one attached hydrogen (secondary N) is 1. The van der Waals surface area contributed by atoms with Crippen LogP contribution in [0, 0.1) is 12.8 Å². The molecule has 1 N–H and O–H groups in total. The Hall–Kier alpha value is -0.640. The van der Waals surface area contributed by atoms with Gasteiger partial charge in [-0.1, -0.05) is 26.2 Å². The molecule has 1 aromatic heterocycles. The maximum absolute atomic E-state index is 4.66. The van der Waals surface area contributed by atoms with Crippen LogP contribution in [0.5, 0.6) is 0 Å². The zero-order valence-corrected chi connectivity index (χ0v) is 13.3. The molecule has 0 saturated heterocycles. The highest BCUT2D eigenvalue weighted by molar-refractivity contribution is 7.98. The van der Waals surface area contributed by atoms with Gasteiger partial charge in [0.05, 0.1) is 5.69 Å². The van der Waals surface area contributed by atoms with Gasteiger partial charge in [-0.2, -0.15) is 11.8 Å². The van der Waals surface area contributed by atoms with Crippen molar-refractivity contribution >= 4 is 17.7 Å². The largest absolute Gasteiger partial charge is 0.353 e. The Morgan fingerprint density at radius 2 is 2.16 bits per heavy atom. The molecule has 1 unspecified atom stereocenters. The Kier molecular flexibility index (Phi) is 5.61. The summed E-state index contributed by atoms with van der Waals surface area (Å²) in [5.74, 6) is 2.98. The monoisotopic (exact) mass is 281 g/mol. The molecule has 0 radical (unpaired) electrons. The molecule has 1 aliphatic rings. The van der Waals surface area contributed by atoms with Gasteiger partial charge in [0, 0.05) is 18.8 Å². The van der Waals surface area contributed by atoms with E-state index in [0.29, 0.717) is 12.0 Å². The van der Waals surface area contributed by atoms with E-state index in [2.05, 4.69) is 41.2 Å². The summed E-state index contributed by atoms with van der Waals surface area (Å²) in [5.41, 5.74) is 1.12. The first kappa shape index (κ1) is 14.8. The number of nitrogens with zero attached hydrogens (tertiary/aromatic N) is 2. The van der Waals surface area contributed by atoms with E-state index in [4.69, 9.17) is 0 Å².